The first-order chi connectivity index (χ1) is 2.89. The van der Waals surface area contributed by atoms with Crippen LogP contribution in [0.15, 0.2) is 18.5 Å². The maximum absolute atomic E-state index is 5.42. The summed E-state index contributed by atoms with van der Waals surface area (Å²) < 4.78 is 0. The van der Waals surface area contributed by atoms with Crippen LogP contribution in [0, 0.1) is 0 Å². The summed E-state index contributed by atoms with van der Waals surface area (Å²) in [5, 5.41) is 0.759. The maximum Gasteiger partial charge on any atom is 0.0580 e. The van der Waals surface area contributed by atoms with Crippen molar-refractivity contribution < 1.29 is 0 Å². The lowest BCUT2D eigenvalue weighted by molar-refractivity contribution is 1.41. The first-order valence-corrected chi connectivity index (χ1v) is 2.05. The van der Waals surface area contributed by atoms with Crippen LogP contribution < -0.4 is 0 Å². The molecular weight excluding hydrogens is 133 g/mol. The van der Waals surface area contributed by atoms with Gasteiger partial charge in [0.25, 0.3) is 0 Å². The van der Waals surface area contributed by atoms with Gasteiger partial charge in [0.05, 0.1) is 5.02 Å². The van der Waals surface area contributed by atoms with Gasteiger partial charge in [0, 0.05) is 12.4 Å². The highest BCUT2D eigenvalue weighted by atomic mass is 35.5. The van der Waals surface area contributed by atoms with E-state index >= 15 is 0 Å². The molecule has 0 atom stereocenters. The van der Waals surface area contributed by atoms with Crippen LogP contribution in [0.1, 0.15) is 0 Å². The van der Waals surface area contributed by atoms with Gasteiger partial charge in [0.1, 0.15) is 0 Å². The minimum atomic E-state index is 0. The van der Waals surface area contributed by atoms with Crippen LogP contribution in [0.5, 0.6) is 0 Å². The molecule has 0 radical (unpaired) electrons. The number of rotatable bonds is 0. The van der Waals surface area contributed by atoms with E-state index in [1.807, 2.05) is 0 Å². The highest BCUT2D eigenvalue weighted by Crippen LogP contribution is 2.01. The van der Waals surface area contributed by atoms with Crippen molar-refractivity contribution in [1.29, 1.82) is 0 Å². The summed E-state index contributed by atoms with van der Waals surface area (Å²) in [5.74, 6) is 0. The molecule has 0 fully saturated rings. The van der Waals surface area contributed by atoms with Crippen molar-refractivity contribution in [1.82, 2.24) is 4.98 Å². The van der Waals surface area contributed by atoms with Gasteiger partial charge in [-0.1, -0.05) is 11.6 Å². The SMILES string of the molecule is Cl.Clc1cc[nH]c1. The molecule has 7 heavy (non-hydrogen) atoms. The normalized spacial score (nSPS) is 7.57. The van der Waals surface area contributed by atoms with E-state index in [4.69, 9.17) is 11.6 Å². The monoisotopic (exact) mass is 137 g/mol. The molecule has 0 bridgehead atoms. The van der Waals surface area contributed by atoms with Crippen molar-refractivity contribution >= 4 is 24.0 Å². The second-order valence-corrected chi connectivity index (χ2v) is 1.47. The zero-order valence-electron chi connectivity index (χ0n) is 3.52. The van der Waals surface area contributed by atoms with Crippen molar-refractivity contribution in [2.45, 2.75) is 0 Å². The predicted molar refractivity (Wildman–Crippen MR) is 33.1 cm³/mol. The first-order valence-electron chi connectivity index (χ1n) is 1.68. The number of halogens is 2. The Bertz CT molecular complexity index is 113. The van der Waals surface area contributed by atoms with Gasteiger partial charge in [-0.25, -0.2) is 0 Å². The Balaban J connectivity index is 0.000000360. The van der Waals surface area contributed by atoms with E-state index in [1.165, 1.54) is 0 Å². The minimum Gasteiger partial charge on any atom is -0.366 e. The number of aromatic amines is 1. The molecule has 0 unspecified atom stereocenters. The van der Waals surface area contributed by atoms with Gasteiger partial charge in [-0.2, -0.15) is 0 Å². The second kappa shape index (κ2) is 2.94. The van der Waals surface area contributed by atoms with Gasteiger partial charge in [0.15, 0.2) is 0 Å². The summed E-state index contributed by atoms with van der Waals surface area (Å²) in [7, 11) is 0. The molecule has 0 aliphatic heterocycles. The minimum absolute atomic E-state index is 0. The standard InChI is InChI=1S/C4H4ClN.ClH/c5-4-1-2-6-3-4;/h1-3,6H;1H. The topological polar surface area (TPSA) is 15.8 Å². The summed E-state index contributed by atoms with van der Waals surface area (Å²) in [6.45, 7) is 0. The Morgan fingerprint density at radius 1 is 1.57 bits per heavy atom. The van der Waals surface area contributed by atoms with E-state index in [9.17, 15) is 0 Å². The van der Waals surface area contributed by atoms with Crippen molar-refractivity contribution in [2.24, 2.45) is 0 Å². The Hall–Kier alpha value is -0.140. The van der Waals surface area contributed by atoms with Crippen molar-refractivity contribution in [3.8, 4) is 0 Å². The Morgan fingerprint density at radius 3 is 2.43 bits per heavy atom. The van der Waals surface area contributed by atoms with E-state index in [-0.39, 0.29) is 12.4 Å². The van der Waals surface area contributed by atoms with Crippen LogP contribution in [0.4, 0.5) is 0 Å². The van der Waals surface area contributed by atoms with Crippen LogP contribution in [0.2, 0.25) is 5.02 Å². The molecule has 1 aromatic rings. The van der Waals surface area contributed by atoms with Gasteiger partial charge in [0.2, 0.25) is 0 Å². The van der Waals surface area contributed by atoms with Gasteiger partial charge >= 0.3 is 0 Å². The molecule has 0 aliphatic rings. The molecule has 0 aliphatic carbocycles. The van der Waals surface area contributed by atoms with Gasteiger partial charge < -0.3 is 4.98 Å². The number of nitrogens with one attached hydrogen (secondary N) is 1. The summed E-state index contributed by atoms with van der Waals surface area (Å²) in [6.07, 6.45) is 3.50. The van der Waals surface area contributed by atoms with Crippen LogP contribution in [-0.2, 0) is 0 Å². The molecule has 0 saturated heterocycles. The lowest BCUT2D eigenvalue weighted by Crippen LogP contribution is -1.41. The molecule has 1 aromatic heterocycles. The van der Waals surface area contributed by atoms with E-state index in [0.29, 0.717) is 0 Å². The maximum atomic E-state index is 5.42. The lowest BCUT2D eigenvalue weighted by Gasteiger charge is -1.62. The molecule has 1 rings (SSSR count). The quantitative estimate of drug-likeness (QED) is 0.564. The summed E-state index contributed by atoms with van der Waals surface area (Å²) in [4.78, 5) is 2.80. The zero-order chi connectivity index (χ0) is 4.41. The number of hydrogen-bond acceptors (Lipinski definition) is 0. The first kappa shape index (κ1) is 6.86. The number of aromatic nitrogens is 1. The van der Waals surface area contributed by atoms with Gasteiger partial charge in [-0.3, -0.25) is 0 Å². The third-order valence-electron chi connectivity index (χ3n) is 0.560. The van der Waals surface area contributed by atoms with E-state index in [2.05, 4.69) is 4.98 Å². The van der Waals surface area contributed by atoms with Crippen molar-refractivity contribution in [3.63, 3.8) is 0 Å². The molecule has 1 N–H and O–H groups in total. The van der Waals surface area contributed by atoms with Crippen LogP contribution >= 0.6 is 24.0 Å². The number of H-pyrrole nitrogens is 1. The van der Waals surface area contributed by atoms with Gasteiger partial charge in [-0.15, -0.1) is 12.4 Å². The van der Waals surface area contributed by atoms with Gasteiger partial charge in [-0.05, 0) is 6.07 Å². The molecule has 0 amide bonds. The highest BCUT2D eigenvalue weighted by Gasteiger charge is 1.76. The van der Waals surface area contributed by atoms with Crippen molar-refractivity contribution in [3.05, 3.63) is 23.5 Å². The molecule has 3 heteroatoms. The highest BCUT2D eigenvalue weighted by molar-refractivity contribution is 6.30. The van der Waals surface area contributed by atoms with Crippen LogP contribution in [0.3, 0.4) is 0 Å². The fourth-order valence-corrected chi connectivity index (χ4v) is 0.430. The van der Waals surface area contributed by atoms with Crippen LogP contribution in [-0.4, -0.2) is 4.98 Å². The predicted octanol–water partition coefficient (Wildman–Crippen LogP) is 2.09. The Morgan fingerprint density at radius 2 is 2.29 bits per heavy atom. The van der Waals surface area contributed by atoms with E-state index in [1.54, 1.807) is 18.5 Å². The Labute approximate surface area is 53.1 Å². The fourth-order valence-electron chi connectivity index (χ4n) is 0.304. The summed E-state index contributed by atoms with van der Waals surface area (Å²) in [5.41, 5.74) is 0. The van der Waals surface area contributed by atoms with Crippen LogP contribution in [0.25, 0.3) is 0 Å². The molecule has 0 aromatic carbocycles. The third kappa shape index (κ3) is 1.86. The van der Waals surface area contributed by atoms with E-state index < -0.39 is 0 Å². The molecule has 1 nitrogen and oxygen atoms in total. The largest absolute Gasteiger partial charge is 0.366 e. The van der Waals surface area contributed by atoms with E-state index in [0.717, 1.165) is 5.02 Å². The third-order valence-corrected chi connectivity index (χ3v) is 0.795. The molecular formula is C4H5Cl2N. The summed E-state index contributed by atoms with van der Waals surface area (Å²) in [6, 6.07) is 1.79. The van der Waals surface area contributed by atoms with Crippen molar-refractivity contribution in [2.75, 3.05) is 0 Å². The Kier molecular flexibility index (Phi) is 2.88. The second-order valence-electron chi connectivity index (χ2n) is 1.03. The number of hydrogen-bond donors (Lipinski definition) is 1. The summed E-state index contributed by atoms with van der Waals surface area (Å²) >= 11 is 5.42. The molecule has 1 heterocycles. The average Bonchev–Trinajstić information content (AvgIpc) is 1.86. The molecule has 40 valence electrons. The fraction of sp³-hybridized carbons (Fsp3) is 0. The molecule has 0 saturated carbocycles. The molecule has 0 spiro atoms. The smallest absolute Gasteiger partial charge is 0.0580 e. The zero-order valence-corrected chi connectivity index (χ0v) is 5.09. The average molecular weight is 138 g/mol. The lowest BCUT2D eigenvalue weighted by atomic mass is 10.7.